The van der Waals surface area contributed by atoms with Crippen LogP contribution in [-0.2, 0) is 17.8 Å². The van der Waals surface area contributed by atoms with Crippen molar-refractivity contribution >= 4 is 17.4 Å². The van der Waals surface area contributed by atoms with E-state index >= 15 is 0 Å². The minimum absolute atomic E-state index is 0.133. The van der Waals surface area contributed by atoms with E-state index in [9.17, 15) is 18.0 Å². The molecule has 2 heterocycles. The van der Waals surface area contributed by atoms with E-state index in [1.165, 1.54) is 0 Å². The molecule has 2 N–H and O–H groups in total. The molecule has 214 valence electrons. The van der Waals surface area contributed by atoms with Crippen molar-refractivity contribution in [2.24, 2.45) is 0 Å². The van der Waals surface area contributed by atoms with Gasteiger partial charge in [-0.25, -0.2) is 4.98 Å². The Kier molecular flexibility index (Phi) is 8.56. The van der Waals surface area contributed by atoms with E-state index < -0.39 is 12.6 Å². The van der Waals surface area contributed by atoms with E-state index in [1.54, 1.807) is 23.1 Å². The van der Waals surface area contributed by atoms with Crippen LogP contribution in [0.25, 0.3) is 22.6 Å². The lowest BCUT2D eigenvalue weighted by Crippen LogP contribution is -2.29. The van der Waals surface area contributed by atoms with Crippen LogP contribution in [0.4, 0.5) is 24.7 Å². The number of amides is 1. The van der Waals surface area contributed by atoms with Gasteiger partial charge in [-0.05, 0) is 29.3 Å². The minimum Gasteiger partial charge on any atom is -0.352 e. The third-order valence-corrected chi connectivity index (χ3v) is 6.58. The van der Waals surface area contributed by atoms with Gasteiger partial charge in [0, 0.05) is 36.0 Å². The molecule has 0 fully saturated rings. The second-order valence-corrected chi connectivity index (χ2v) is 9.86. The summed E-state index contributed by atoms with van der Waals surface area (Å²) in [4.78, 5) is 19.4. The molecular weight excluding hydrogens is 543 g/mol. The maximum atomic E-state index is 13.4. The summed E-state index contributed by atoms with van der Waals surface area (Å²) in [6, 6.07) is 27.4. The first-order valence-corrected chi connectivity index (χ1v) is 13.3. The van der Waals surface area contributed by atoms with Crippen molar-refractivity contribution in [2.45, 2.75) is 32.5 Å². The quantitative estimate of drug-likeness (QED) is 0.202. The molecule has 0 saturated heterocycles. The standard InChI is InChI=1S/C31H28F3N7O/c1-21-11-13-22(14-12-21)17-29(42)35-24-18-27(25-9-5-6-10-26(25)30-37-39-40-38-30)36-28(19-24)41(16-15-31(32,33)34)20-23-7-3-2-4-8-23/h2-14,18-19H,15-17,20H2,1H3,(H,35,36,42)(H,37,38,39,40). The van der Waals surface area contributed by atoms with Crippen molar-refractivity contribution < 1.29 is 18.0 Å². The molecule has 1 amide bonds. The van der Waals surface area contributed by atoms with Crippen molar-refractivity contribution in [2.75, 3.05) is 16.8 Å². The number of tetrazole rings is 1. The summed E-state index contributed by atoms with van der Waals surface area (Å²) < 4.78 is 40.1. The van der Waals surface area contributed by atoms with E-state index in [1.807, 2.05) is 79.7 Å². The van der Waals surface area contributed by atoms with Crippen molar-refractivity contribution in [3.05, 3.63) is 108 Å². The molecule has 0 aliphatic heterocycles. The number of nitrogens with zero attached hydrogens (tertiary/aromatic N) is 5. The molecule has 0 spiro atoms. The Hall–Kier alpha value is -5.06. The van der Waals surface area contributed by atoms with E-state index in [4.69, 9.17) is 4.98 Å². The van der Waals surface area contributed by atoms with E-state index in [2.05, 4.69) is 25.9 Å². The molecule has 0 radical (unpaired) electrons. The Morgan fingerprint density at radius 1 is 0.905 bits per heavy atom. The largest absolute Gasteiger partial charge is 0.390 e. The predicted octanol–water partition coefficient (Wildman–Crippen LogP) is 6.38. The summed E-state index contributed by atoms with van der Waals surface area (Å²) in [6.07, 6.45) is -5.25. The number of H-pyrrole nitrogens is 1. The number of aromatic amines is 1. The van der Waals surface area contributed by atoms with Gasteiger partial charge in [-0.2, -0.15) is 18.4 Å². The fourth-order valence-electron chi connectivity index (χ4n) is 4.50. The number of halogens is 3. The smallest absolute Gasteiger partial charge is 0.352 e. The lowest BCUT2D eigenvalue weighted by molar-refractivity contribution is -0.132. The molecule has 42 heavy (non-hydrogen) atoms. The monoisotopic (exact) mass is 571 g/mol. The molecule has 0 saturated carbocycles. The van der Waals surface area contributed by atoms with Crippen LogP contribution in [0.5, 0.6) is 0 Å². The Labute approximate surface area is 240 Å². The zero-order valence-corrected chi connectivity index (χ0v) is 22.8. The predicted molar refractivity (Wildman–Crippen MR) is 155 cm³/mol. The van der Waals surface area contributed by atoms with E-state index in [0.717, 1.165) is 16.7 Å². The molecule has 11 heteroatoms. The van der Waals surface area contributed by atoms with Crippen molar-refractivity contribution in [1.82, 2.24) is 25.6 Å². The summed E-state index contributed by atoms with van der Waals surface area (Å²) in [5.74, 6) is 0.355. The summed E-state index contributed by atoms with van der Waals surface area (Å²) in [7, 11) is 0. The van der Waals surface area contributed by atoms with Gasteiger partial charge >= 0.3 is 6.18 Å². The van der Waals surface area contributed by atoms with Crippen LogP contribution in [0.2, 0.25) is 0 Å². The maximum Gasteiger partial charge on any atom is 0.390 e. The Morgan fingerprint density at radius 2 is 1.62 bits per heavy atom. The molecule has 8 nitrogen and oxygen atoms in total. The molecule has 2 aromatic heterocycles. The molecule has 0 bridgehead atoms. The number of aryl methyl sites for hydroxylation is 1. The van der Waals surface area contributed by atoms with Gasteiger partial charge < -0.3 is 10.2 Å². The van der Waals surface area contributed by atoms with Crippen molar-refractivity contribution in [1.29, 1.82) is 0 Å². The number of aromatic nitrogens is 5. The van der Waals surface area contributed by atoms with Crippen LogP contribution in [0.15, 0.2) is 91.0 Å². The van der Waals surface area contributed by atoms with Gasteiger partial charge in [-0.3, -0.25) is 4.79 Å². The van der Waals surface area contributed by atoms with Crippen LogP contribution < -0.4 is 10.2 Å². The molecule has 5 aromatic rings. The third kappa shape index (κ3) is 7.57. The number of carbonyl (C=O) groups is 1. The molecule has 0 atom stereocenters. The molecule has 0 unspecified atom stereocenters. The fourth-order valence-corrected chi connectivity index (χ4v) is 4.50. The van der Waals surface area contributed by atoms with Crippen LogP contribution in [0.1, 0.15) is 23.1 Å². The average Bonchev–Trinajstić information content (AvgIpc) is 3.51. The molecule has 3 aromatic carbocycles. The molecule has 0 aliphatic rings. The maximum absolute atomic E-state index is 13.4. The molecule has 0 aliphatic carbocycles. The lowest BCUT2D eigenvalue weighted by atomic mass is 10.0. The summed E-state index contributed by atoms with van der Waals surface area (Å²) in [5, 5.41) is 17.2. The number of pyridine rings is 1. The highest BCUT2D eigenvalue weighted by molar-refractivity contribution is 5.93. The second kappa shape index (κ2) is 12.6. The number of benzene rings is 3. The Bertz CT molecular complexity index is 1620. The summed E-state index contributed by atoms with van der Waals surface area (Å²) in [6.45, 7) is 1.84. The lowest BCUT2D eigenvalue weighted by Gasteiger charge is -2.26. The zero-order chi connectivity index (χ0) is 29.5. The van der Waals surface area contributed by atoms with Crippen LogP contribution >= 0.6 is 0 Å². The summed E-state index contributed by atoms with van der Waals surface area (Å²) in [5.41, 5.74) is 4.84. The Balaban J connectivity index is 1.55. The SMILES string of the molecule is Cc1ccc(CC(=O)Nc2cc(-c3ccccc3-c3nn[nH]n3)nc(N(CCC(F)(F)F)Cc3ccccc3)c2)cc1. The number of anilines is 2. The minimum atomic E-state index is -4.36. The van der Waals surface area contributed by atoms with Gasteiger partial charge in [0.1, 0.15) is 5.82 Å². The molecule has 5 rings (SSSR count). The highest BCUT2D eigenvalue weighted by Gasteiger charge is 2.28. The van der Waals surface area contributed by atoms with E-state index in [-0.39, 0.29) is 31.2 Å². The van der Waals surface area contributed by atoms with Crippen molar-refractivity contribution in [3.8, 4) is 22.6 Å². The third-order valence-electron chi connectivity index (χ3n) is 6.58. The second-order valence-electron chi connectivity index (χ2n) is 9.86. The van der Waals surface area contributed by atoms with Gasteiger partial charge in [-0.15, -0.1) is 10.2 Å². The summed E-state index contributed by atoms with van der Waals surface area (Å²) >= 11 is 0. The zero-order valence-electron chi connectivity index (χ0n) is 22.8. The first kappa shape index (κ1) is 28.5. The topological polar surface area (TPSA) is 99.7 Å². The average molecular weight is 572 g/mol. The Morgan fingerprint density at radius 3 is 2.31 bits per heavy atom. The fraction of sp³-hybridized carbons (Fsp3) is 0.194. The number of hydrogen-bond acceptors (Lipinski definition) is 6. The van der Waals surface area contributed by atoms with Crippen molar-refractivity contribution in [3.63, 3.8) is 0 Å². The van der Waals surface area contributed by atoms with Gasteiger partial charge in [0.25, 0.3) is 0 Å². The number of rotatable bonds is 10. The van der Waals surface area contributed by atoms with Gasteiger partial charge in [0.2, 0.25) is 11.7 Å². The normalized spacial score (nSPS) is 11.3. The van der Waals surface area contributed by atoms with Crippen LogP contribution in [0.3, 0.4) is 0 Å². The highest BCUT2D eigenvalue weighted by Crippen LogP contribution is 2.33. The first-order chi connectivity index (χ1) is 20.2. The van der Waals surface area contributed by atoms with Gasteiger partial charge in [0.05, 0.1) is 18.5 Å². The van der Waals surface area contributed by atoms with E-state index in [0.29, 0.717) is 28.3 Å². The molecular formula is C31H28F3N7O. The number of hydrogen-bond donors (Lipinski definition) is 2. The van der Waals surface area contributed by atoms with Crippen LogP contribution in [-0.4, -0.2) is 44.2 Å². The van der Waals surface area contributed by atoms with Crippen LogP contribution in [0, 0.1) is 6.92 Å². The number of nitrogens with one attached hydrogen (secondary N) is 2. The van der Waals surface area contributed by atoms with Gasteiger partial charge in [0.15, 0.2) is 0 Å². The van der Waals surface area contributed by atoms with Gasteiger partial charge in [-0.1, -0.05) is 84.4 Å². The first-order valence-electron chi connectivity index (χ1n) is 13.3. The number of carbonyl (C=O) groups excluding carboxylic acids is 1. The number of alkyl halides is 3. The highest BCUT2D eigenvalue weighted by atomic mass is 19.4.